The fourth-order valence-electron chi connectivity index (χ4n) is 3.55. The largest absolute Gasteiger partial charge is 0.379 e. The van der Waals surface area contributed by atoms with Gasteiger partial charge in [-0.05, 0) is 12.3 Å². The molecule has 26 heavy (non-hydrogen) atoms. The molecule has 1 aromatic heterocycles. The van der Waals surface area contributed by atoms with Gasteiger partial charge in [0.1, 0.15) is 5.01 Å². The molecular weight excluding hydrogens is 346 g/mol. The van der Waals surface area contributed by atoms with Crippen molar-refractivity contribution in [2.75, 3.05) is 53.0 Å². The fraction of sp³-hybridized carbons (Fsp3) is 0.789. The van der Waals surface area contributed by atoms with Gasteiger partial charge in [0.15, 0.2) is 5.96 Å². The molecule has 1 N–H and O–H groups in total. The summed E-state index contributed by atoms with van der Waals surface area (Å²) in [6, 6.07) is 0. The van der Waals surface area contributed by atoms with E-state index in [1.807, 2.05) is 7.05 Å². The molecule has 3 heterocycles. The van der Waals surface area contributed by atoms with Crippen LogP contribution in [0.25, 0.3) is 0 Å². The Morgan fingerprint density at radius 3 is 2.77 bits per heavy atom. The minimum absolute atomic E-state index is 0.109. The van der Waals surface area contributed by atoms with E-state index in [1.165, 1.54) is 18.7 Å². The third kappa shape index (κ3) is 5.18. The molecule has 0 aromatic carbocycles. The van der Waals surface area contributed by atoms with Gasteiger partial charge in [-0.2, -0.15) is 0 Å². The van der Waals surface area contributed by atoms with Crippen LogP contribution < -0.4 is 5.32 Å². The molecule has 0 bridgehead atoms. The van der Waals surface area contributed by atoms with Crippen LogP contribution in [0.15, 0.2) is 10.4 Å². The Kier molecular flexibility index (Phi) is 6.53. The number of aromatic nitrogens is 1. The van der Waals surface area contributed by atoms with Gasteiger partial charge in [-0.3, -0.25) is 9.89 Å². The summed E-state index contributed by atoms with van der Waals surface area (Å²) in [5.41, 5.74) is 1.28. The first-order chi connectivity index (χ1) is 12.5. The number of rotatable bonds is 4. The molecule has 6 nitrogen and oxygen atoms in total. The normalized spacial score (nSPS) is 22.8. The van der Waals surface area contributed by atoms with Gasteiger partial charge in [0.2, 0.25) is 0 Å². The summed E-state index contributed by atoms with van der Waals surface area (Å²) in [6.45, 7) is 14.6. The van der Waals surface area contributed by atoms with Crippen LogP contribution in [0.3, 0.4) is 0 Å². The van der Waals surface area contributed by atoms with E-state index in [2.05, 4.69) is 46.3 Å². The molecule has 2 fully saturated rings. The lowest BCUT2D eigenvalue weighted by Crippen LogP contribution is -2.42. The lowest BCUT2D eigenvalue weighted by Gasteiger charge is -2.29. The van der Waals surface area contributed by atoms with E-state index >= 15 is 0 Å². The van der Waals surface area contributed by atoms with Crippen LogP contribution in [0.1, 0.15) is 37.9 Å². The Morgan fingerprint density at radius 1 is 1.35 bits per heavy atom. The standard InChI is InChI=1S/C19H33N5OS/c1-19(2,3)16-14-26-17(22-16)11-21-18(20-4)24-6-5-15(13-24)12-23-7-9-25-10-8-23/h14-15H,5-13H2,1-4H3,(H,20,21). The highest BCUT2D eigenvalue weighted by Crippen LogP contribution is 2.24. The molecule has 0 amide bonds. The van der Waals surface area contributed by atoms with E-state index in [0.717, 1.165) is 62.8 Å². The summed E-state index contributed by atoms with van der Waals surface area (Å²) in [5, 5.41) is 6.81. The number of ether oxygens (including phenoxy) is 1. The second kappa shape index (κ2) is 8.67. The second-order valence-electron chi connectivity index (χ2n) is 8.29. The summed E-state index contributed by atoms with van der Waals surface area (Å²) in [4.78, 5) is 14.2. The van der Waals surface area contributed by atoms with Crippen LogP contribution in [0.5, 0.6) is 0 Å². The SMILES string of the molecule is CN=C(NCc1nc(C(C)(C)C)cs1)N1CCC(CN2CCOCC2)C1. The van der Waals surface area contributed by atoms with Gasteiger partial charge in [0.25, 0.3) is 0 Å². The van der Waals surface area contributed by atoms with Gasteiger partial charge < -0.3 is 15.0 Å². The van der Waals surface area contributed by atoms with E-state index < -0.39 is 0 Å². The zero-order chi connectivity index (χ0) is 18.6. The molecule has 2 aliphatic rings. The van der Waals surface area contributed by atoms with Crippen molar-refractivity contribution < 1.29 is 4.74 Å². The van der Waals surface area contributed by atoms with E-state index in [0.29, 0.717) is 0 Å². The minimum Gasteiger partial charge on any atom is -0.379 e. The summed E-state index contributed by atoms with van der Waals surface area (Å²) in [7, 11) is 1.88. The number of likely N-dealkylation sites (tertiary alicyclic amines) is 1. The van der Waals surface area contributed by atoms with Crippen LogP contribution in [0.2, 0.25) is 0 Å². The van der Waals surface area contributed by atoms with Crippen molar-refractivity contribution in [1.82, 2.24) is 20.1 Å². The molecule has 0 radical (unpaired) electrons. The van der Waals surface area contributed by atoms with E-state index in [1.54, 1.807) is 11.3 Å². The van der Waals surface area contributed by atoms with E-state index in [4.69, 9.17) is 9.72 Å². The monoisotopic (exact) mass is 379 g/mol. The lowest BCUT2D eigenvalue weighted by atomic mass is 9.93. The highest BCUT2D eigenvalue weighted by Gasteiger charge is 2.27. The topological polar surface area (TPSA) is 53.0 Å². The Balaban J connectivity index is 1.47. The predicted molar refractivity (Wildman–Crippen MR) is 108 cm³/mol. The number of guanidine groups is 1. The number of nitrogens with one attached hydrogen (secondary N) is 1. The van der Waals surface area contributed by atoms with Crippen molar-refractivity contribution in [3.8, 4) is 0 Å². The molecule has 0 aliphatic carbocycles. The maximum absolute atomic E-state index is 5.45. The molecule has 3 rings (SSSR count). The summed E-state index contributed by atoms with van der Waals surface area (Å²) < 4.78 is 5.45. The third-order valence-electron chi connectivity index (χ3n) is 5.14. The number of aliphatic imine (C=N–C) groups is 1. The summed E-state index contributed by atoms with van der Waals surface area (Å²) in [6.07, 6.45) is 1.24. The molecule has 2 aliphatic heterocycles. The van der Waals surface area contributed by atoms with Crippen molar-refractivity contribution >= 4 is 17.3 Å². The van der Waals surface area contributed by atoms with Gasteiger partial charge in [-0.1, -0.05) is 20.8 Å². The fourth-order valence-corrected chi connectivity index (χ4v) is 4.51. The maximum atomic E-state index is 5.45. The number of nitrogens with zero attached hydrogens (tertiary/aromatic N) is 4. The zero-order valence-corrected chi connectivity index (χ0v) is 17.4. The van der Waals surface area contributed by atoms with Crippen molar-refractivity contribution in [2.24, 2.45) is 10.9 Å². The van der Waals surface area contributed by atoms with Gasteiger partial charge in [-0.25, -0.2) is 4.98 Å². The van der Waals surface area contributed by atoms with Crippen LogP contribution >= 0.6 is 11.3 Å². The molecule has 7 heteroatoms. The van der Waals surface area contributed by atoms with Gasteiger partial charge in [-0.15, -0.1) is 11.3 Å². The first-order valence-corrected chi connectivity index (χ1v) is 10.5. The minimum atomic E-state index is 0.109. The van der Waals surface area contributed by atoms with Crippen molar-refractivity contribution in [2.45, 2.75) is 39.2 Å². The molecule has 1 atom stereocenters. The van der Waals surface area contributed by atoms with Gasteiger partial charge in [0, 0.05) is 50.6 Å². The first-order valence-electron chi connectivity index (χ1n) is 9.66. The van der Waals surface area contributed by atoms with Crippen molar-refractivity contribution in [3.05, 3.63) is 16.1 Å². The molecule has 1 aromatic rings. The molecule has 146 valence electrons. The van der Waals surface area contributed by atoms with Gasteiger partial charge in [0.05, 0.1) is 25.5 Å². The average molecular weight is 380 g/mol. The average Bonchev–Trinajstić information content (AvgIpc) is 3.26. The first kappa shape index (κ1) is 19.6. The molecule has 0 saturated carbocycles. The molecular formula is C19H33N5OS. The maximum Gasteiger partial charge on any atom is 0.194 e. The number of hydrogen-bond donors (Lipinski definition) is 1. The lowest BCUT2D eigenvalue weighted by molar-refractivity contribution is 0.0315. The van der Waals surface area contributed by atoms with Crippen LogP contribution in [0, 0.1) is 5.92 Å². The molecule has 0 spiro atoms. The van der Waals surface area contributed by atoms with Crippen LogP contribution in [0.4, 0.5) is 0 Å². The van der Waals surface area contributed by atoms with Crippen LogP contribution in [-0.4, -0.2) is 73.7 Å². The Bertz CT molecular complexity index is 603. The zero-order valence-electron chi connectivity index (χ0n) is 16.6. The molecule has 2 saturated heterocycles. The highest BCUT2D eigenvalue weighted by molar-refractivity contribution is 7.09. The smallest absolute Gasteiger partial charge is 0.194 e. The number of hydrogen-bond acceptors (Lipinski definition) is 5. The summed E-state index contributed by atoms with van der Waals surface area (Å²) >= 11 is 1.73. The number of morpholine rings is 1. The Morgan fingerprint density at radius 2 is 2.12 bits per heavy atom. The molecule has 1 unspecified atom stereocenters. The quantitative estimate of drug-likeness (QED) is 0.642. The second-order valence-corrected chi connectivity index (χ2v) is 9.23. The summed E-state index contributed by atoms with van der Waals surface area (Å²) in [5.74, 6) is 1.72. The van der Waals surface area contributed by atoms with E-state index in [9.17, 15) is 0 Å². The van der Waals surface area contributed by atoms with Crippen molar-refractivity contribution in [3.63, 3.8) is 0 Å². The van der Waals surface area contributed by atoms with Crippen molar-refractivity contribution in [1.29, 1.82) is 0 Å². The number of thiazole rings is 1. The van der Waals surface area contributed by atoms with E-state index in [-0.39, 0.29) is 5.41 Å². The third-order valence-corrected chi connectivity index (χ3v) is 5.98. The Hall–Kier alpha value is -1.18. The van der Waals surface area contributed by atoms with Crippen LogP contribution in [-0.2, 0) is 16.7 Å². The van der Waals surface area contributed by atoms with Gasteiger partial charge >= 0.3 is 0 Å². The highest BCUT2D eigenvalue weighted by atomic mass is 32.1. The predicted octanol–water partition coefficient (Wildman–Crippen LogP) is 2.17. The Labute approximate surface area is 161 Å².